The standard InChI is InChI=1S/C29H30Cl2F2N4O3/c1-4-28(39,27(33)9-11-36(2)12-10-27)19-13-22-25(23(32)14-19)29(40-3,18-5-7-20(30)8-6-18)37(26(22)38)17-24-34-15-21(31)16-35-24/h5-8,13-16,39H,4,9-12,17H2,1-3H3/t28?,29-/m1/s1. The highest BCUT2D eigenvalue weighted by atomic mass is 35.5. The number of alkyl halides is 1. The van der Waals surface area contributed by atoms with E-state index in [2.05, 4.69) is 9.97 Å². The van der Waals surface area contributed by atoms with Gasteiger partial charge in [-0.05, 0) is 56.1 Å². The molecular formula is C29H30Cl2F2N4O3. The summed E-state index contributed by atoms with van der Waals surface area (Å²) in [6.07, 6.45) is 2.95. The summed E-state index contributed by atoms with van der Waals surface area (Å²) in [6.45, 7) is 2.41. The van der Waals surface area contributed by atoms with Gasteiger partial charge in [0.1, 0.15) is 22.9 Å². The van der Waals surface area contributed by atoms with Gasteiger partial charge in [-0.25, -0.2) is 18.7 Å². The van der Waals surface area contributed by atoms with Gasteiger partial charge in [0.25, 0.3) is 5.91 Å². The Morgan fingerprint density at radius 2 is 1.73 bits per heavy atom. The number of aromatic nitrogens is 2. The largest absolute Gasteiger partial charge is 0.382 e. The first kappa shape index (κ1) is 28.8. The zero-order valence-electron chi connectivity index (χ0n) is 22.4. The first-order valence-corrected chi connectivity index (χ1v) is 13.8. The number of nitrogens with zero attached hydrogens (tertiary/aromatic N) is 4. The number of hydrogen-bond donors (Lipinski definition) is 1. The third-order valence-electron chi connectivity index (χ3n) is 8.30. The predicted octanol–water partition coefficient (Wildman–Crippen LogP) is 5.46. The molecule has 2 atom stereocenters. The average Bonchev–Trinajstić information content (AvgIpc) is 3.19. The minimum atomic E-state index is -2.01. The van der Waals surface area contributed by atoms with Crippen LogP contribution in [0.15, 0.2) is 48.8 Å². The maximum atomic E-state index is 16.4. The van der Waals surface area contributed by atoms with Crippen LogP contribution < -0.4 is 0 Å². The SMILES string of the molecule is CCC(O)(c1cc(F)c2c(c1)C(=O)N(Cc1ncc(Cl)cn1)[C@@]2(OC)c1ccc(Cl)cc1)C1(F)CCN(C)CC1. The lowest BCUT2D eigenvalue weighted by Gasteiger charge is -2.45. The molecule has 212 valence electrons. The molecule has 1 fully saturated rings. The molecule has 2 aliphatic rings. The number of rotatable bonds is 7. The molecule has 0 spiro atoms. The fraction of sp³-hybridized carbons (Fsp3) is 0.414. The molecular weight excluding hydrogens is 561 g/mol. The fourth-order valence-electron chi connectivity index (χ4n) is 6.00. The van der Waals surface area contributed by atoms with Gasteiger partial charge in [0, 0.05) is 43.2 Å². The predicted molar refractivity (Wildman–Crippen MR) is 147 cm³/mol. The number of benzene rings is 2. The van der Waals surface area contributed by atoms with Crippen LogP contribution in [0.1, 0.15) is 59.1 Å². The quantitative estimate of drug-likeness (QED) is 0.394. The van der Waals surface area contributed by atoms with Gasteiger partial charge in [-0.2, -0.15) is 0 Å². The van der Waals surface area contributed by atoms with E-state index in [4.69, 9.17) is 27.9 Å². The first-order chi connectivity index (χ1) is 19.0. The molecule has 3 aromatic rings. The average molecular weight is 591 g/mol. The van der Waals surface area contributed by atoms with E-state index in [1.165, 1.54) is 30.5 Å². The van der Waals surface area contributed by atoms with Crippen LogP contribution in [0.3, 0.4) is 0 Å². The van der Waals surface area contributed by atoms with Crippen molar-refractivity contribution in [3.63, 3.8) is 0 Å². The summed E-state index contributed by atoms with van der Waals surface area (Å²) in [7, 11) is 3.26. The van der Waals surface area contributed by atoms with Crippen molar-refractivity contribution in [2.45, 2.75) is 49.7 Å². The molecule has 0 aliphatic carbocycles. The lowest BCUT2D eigenvalue weighted by Crippen LogP contribution is -2.54. The highest BCUT2D eigenvalue weighted by Gasteiger charge is 2.57. The molecule has 1 unspecified atom stereocenters. The monoisotopic (exact) mass is 590 g/mol. The number of carbonyl (C=O) groups is 1. The molecule has 11 heteroatoms. The van der Waals surface area contributed by atoms with Crippen molar-refractivity contribution in [1.82, 2.24) is 19.8 Å². The van der Waals surface area contributed by atoms with Gasteiger partial charge in [-0.15, -0.1) is 0 Å². The molecule has 0 saturated carbocycles. The van der Waals surface area contributed by atoms with Gasteiger partial charge in [0.05, 0.1) is 22.7 Å². The second-order valence-corrected chi connectivity index (χ2v) is 11.3. The summed E-state index contributed by atoms with van der Waals surface area (Å²) >= 11 is 12.1. The second kappa shape index (κ2) is 10.6. The van der Waals surface area contributed by atoms with Crippen LogP contribution in [0.25, 0.3) is 0 Å². The topological polar surface area (TPSA) is 78.8 Å². The molecule has 1 saturated heterocycles. The summed E-state index contributed by atoms with van der Waals surface area (Å²) in [4.78, 5) is 25.8. The maximum absolute atomic E-state index is 16.4. The number of ether oxygens (including phenoxy) is 1. The number of piperidine rings is 1. The van der Waals surface area contributed by atoms with Crippen LogP contribution in [0.4, 0.5) is 8.78 Å². The summed E-state index contributed by atoms with van der Waals surface area (Å²) in [6, 6.07) is 9.05. The third-order valence-corrected chi connectivity index (χ3v) is 8.75. The number of aliphatic hydroxyl groups is 1. The highest BCUT2D eigenvalue weighted by Crippen LogP contribution is 2.51. The molecule has 1 N–H and O–H groups in total. The maximum Gasteiger partial charge on any atom is 0.257 e. The third kappa shape index (κ3) is 4.48. The van der Waals surface area contributed by atoms with Crippen LogP contribution >= 0.6 is 23.2 Å². The van der Waals surface area contributed by atoms with Gasteiger partial charge < -0.3 is 14.7 Å². The van der Waals surface area contributed by atoms with Crippen molar-refractivity contribution in [2.24, 2.45) is 0 Å². The Morgan fingerprint density at radius 1 is 1.10 bits per heavy atom. The zero-order valence-corrected chi connectivity index (χ0v) is 23.9. The Bertz CT molecular complexity index is 1420. The van der Waals surface area contributed by atoms with E-state index >= 15 is 8.78 Å². The van der Waals surface area contributed by atoms with Crippen LogP contribution in [0.5, 0.6) is 0 Å². The number of amides is 1. The first-order valence-electron chi connectivity index (χ1n) is 13.0. The van der Waals surface area contributed by atoms with Crippen molar-refractivity contribution in [3.05, 3.63) is 92.7 Å². The zero-order chi connectivity index (χ0) is 28.9. The van der Waals surface area contributed by atoms with Crippen molar-refractivity contribution in [1.29, 1.82) is 0 Å². The summed E-state index contributed by atoms with van der Waals surface area (Å²) in [5.41, 5.74) is -5.35. The van der Waals surface area contributed by atoms with Gasteiger partial charge >= 0.3 is 0 Å². The van der Waals surface area contributed by atoms with Gasteiger partial charge in [0.15, 0.2) is 5.72 Å². The van der Waals surface area contributed by atoms with Gasteiger partial charge in [0.2, 0.25) is 0 Å². The summed E-state index contributed by atoms with van der Waals surface area (Å²) in [5.74, 6) is -1.14. The number of halogens is 4. The Kier molecular flexibility index (Phi) is 7.65. The highest BCUT2D eigenvalue weighted by molar-refractivity contribution is 6.30. The molecule has 0 bridgehead atoms. The van der Waals surface area contributed by atoms with Crippen molar-refractivity contribution in [3.8, 4) is 0 Å². The fourth-order valence-corrected chi connectivity index (χ4v) is 6.22. The normalized spacial score (nSPS) is 22.3. The Hall–Kier alpha value is -2.69. The van der Waals surface area contributed by atoms with Gasteiger partial charge in [-0.3, -0.25) is 9.69 Å². The summed E-state index contributed by atoms with van der Waals surface area (Å²) < 4.78 is 38.8. The Balaban J connectivity index is 1.69. The lowest BCUT2D eigenvalue weighted by atomic mass is 9.71. The Labute approximate surface area is 241 Å². The molecule has 0 radical (unpaired) electrons. The molecule has 2 aliphatic heterocycles. The van der Waals surface area contributed by atoms with Gasteiger partial charge in [-0.1, -0.05) is 42.3 Å². The molecule has 1 aromatic heterocycles. The number of fused-ring (bicyclic) bond motifs is 1. The van der Waals surface area contributed by atoms with Crippen LogP contribution in [-0.2, 0) is 22.6 Å². The molecule has 40 heavy (non-hydrogen) atoms. The van der Waals surface area contributed by atoms with Crippen molar-refractivity contribution >= 4 is 29.1 Å². The molecule has 5 rings (SSSR count). The van der Waals surface area contributed by atoms with E-state index in [0.717, 1.165) is 6.07 Å². The smallest absolute Gasteiger partial charge is 0.257 e. The lowest BCUT2D eigenvalue weighted by molar-refractivity contribution is -0.136. The number of carbonyl (C=O) groups excluding carboxylic acids is 1. The van der Waals surface area contributed by atoms with E-state index in [0.29, 0.717) is 28.7 Å². The molecule has 3 heterocycles. The van der Waals surface area contributed by atoms with E-state index in [-0.39, 0.29) is 48.3 Å². The van der Waals surface area contributed by atoms with Crippen molar-refractivity contribution < 1.29 is 23.4 Å². The second-order valence-electron chi connectivity index (χ2n) is 10.4. The van der Waals surface area contributed by atoms with Crippen LogP contribution in [-0.4, -0.2) is 63.7 Å². The number of hydrogen-bond acceptors (Lipinski definition) is 6. The molecule has 2 aromatic carbocycles. The molecule has 7 nitrogen and oxygen atoms in total. The number of methoxy groups -OCH3 is 1. The van der Waals surface area contributed by atoms with Crippen LogP contribution in [0, 0.1) is 5.82 Å². The van der Waals surface area contributed by atoms with E-state index in [1.54, 1.807) is 31.2 Å². The number of likely N-dealkylation sites (tertiary alicyclic amines) is 1. The van der Waals surface area contributed by atoms with Crippen molar-refractivity contribution in [2.75, 3.05) is 27.2 Å². The van der Waals surface area contributed by atoms with E-state index < -0.39 is 28.7 Å². The minimum absolute atomic E-state index is 0.00539. The van der Waals surface area contributed by atoms with E-state index in [9.17, 15) is 9.90 Å². The minimum Gasteiger partial charge on any atom is -0.382 e. The van der Waals surface area contributed by atoms with Crippen LogP contribution in [0.2, 0.25) is 10.0 Å². The van der Waals surface area contributed by atoms with E-state index in [1.807, 2.05) is 11.9 Å². The summed E-state index contributed by atoms with van der Waals surface area (Å²) in [5, 5.41) is 12.6. The molecule has 1 amide bonds. The Morgan fingerprint density at radius 3 is 2.30 bits per heavy atom.